The Kier molecular flexibility index (Phi) is 4.57. The van der Waals surface area contributed by atoms with Gasteiger partial charge in [-0.2, -0.15) is 0 Å². The number of carbonyl (C=O) groups excluding carboxylic acids is 1. The molecule has 0 aliphatic carbocycles. The second-order valence-corrected chi connectivity index (χ2v) is 7.67. The second-order valence-electron chi connectivity index (χ2n) is 5.57. The fourth-order valence-corrected chi connectivity index (χ4v) is 4.98. The first-order valence-corrected chi connectivity index (χ1v) is 9.75. The maximum atomic E-state index is 12.8. The number of thioether (sulfide) groups is 1. The summed E-state index contributed by atoms with van der Waals surface area (Å²) in [5.41, 5.74) is 2.43. The number of ether oxygens (including phenoxy) is 2. The number of amides is 1. The summed E-state index contributed by atoms with van der Waals surface area (Å²) < 4.78 is 10.6. The Morgan fingerprint density at radius 3 is 2.54 bits per heavy atom. The number of nitrogens with zero attached hydrogens (tertiary/aromatic N) is 1. The van der Waals surface area contributed by atoms with E-state index in [0.29, 0.717) is 22.2 Å². The molecule has 2 aromatic carbocycles. The fraction of sp³-hybridized carbons (Fsp3) is 0.158. The molecular weight excluding hydrogens is 368 g/mol. The smallest absolute Gasteiger partial charge is 0.265 e. The number of carbonyl (C=O) groups is 1. The average molecular weight is 384 g/mol. The van der Waals surface area contributed by atoms with E-state index in [4.69, 9.17) is 9.47 Å². The van der Waals surface area contributed by atoms with E-state index < -0.39 is 0 Å². The summed E-state index contributed by atoms with van der Waals surface area (Å²) in [7, 11) is 3.06. The Morgan fingerprint density at radius 2 is 1.81 bits per heavy atom. The molecule has 0 saturated carbocycles. The predicted octanol–water partition coefficient (Wildman–Crippen LogP) is 4.69. The molecule has 1 aliphatic rings. The lowest BCUT2D eigenvalue weighted by atomic mass is 10.1. The highest BCUT2D eigenvalue weighted by Gasteiger charge is 2.24. The van der Waals surface area contributed by atoms with Gasteiger partial charge in [-0.25, -0.2) is 4.98 Å². The van der Waals surface area contributed by atoms with E-state index in [0.717, 1.165) is 21.9 Å². The molecule has 3 aromatic rings. The highest BCUT2D eigenvalue weighted by Crippen LogP contribution is 2.44. The van der Waals surface area contributed by atoms with Crippen LogP contribution in [0.4, 0.5) is 5.13 Å². The van der Waals surface area contributed by atoms with E-state index in [1.807, 2.05) is 12.1 Å². The molecule has 0 fully saturated rings. The second kappa shape index (κ2) is 7.01. The molecule has 4 rings (SSSR count). The fourth-order valence-electron chi connectivity index (χ4n) is 2.88. The van der Waals surface area contributed by atoms with E-state index in [1.165, 1.54) is 30.5 Å². The van der Waals surface area contributed by atoms with Gasteiger partial charge in [0.25, 0.3) is 5.91 Å². The first kappa shape index (κ1) is 16.9. The van der Waals surface area contributed by atoms with E-state index in [9.17, 15) is 4.79 Å². The van der Waals surface area contributed by atoms with Gasteiger partial charge < -0.3 is 9.47 Å². The van der Waals surface area contributed by atoms with Gasteiger partial charge in [0.15, 0.2) is 5.13 Å². The largest absolute Gasteiger partial charge is 0.496 e. The van der Waals surface area contributed by atoms with Crippen molar-refractivity contribution in [3.8, 4) is 22.8 Å². The van der Waals surface area contributed by atoms with Crippen LogP contribution in [-0.4, -0.2) is 25.1 Å². The Morgan fingerprint density at radius 1 is 1.08 bits per heavy atom. The minimum Gasteiger partial charge on any atom is -0.496 e. The van der Waals surface area contributed by atoms with E-state index >= 15 is 0 Å². The lowest BCUT2D eigenvalue weighted by molar-refractivity contribution is 0.102. The highest BCUT2D eigenvalue weighted by atomic mass is 32.2. The quantitative estimate of drug-likeness (QED) is 0.707. The van der Waals surface area contributed by atoms with Gasteiger partial charge in [-0.1, -0.05) is 24.3 Å². The van der Waals surface area contributed by atoms with Crippen LogP contribution in [0.25, 0.3) is 11.3 Å². The molecule has 2 heterocycles. The van der Waals surface area contributed by atoms with Crippen molar-refractivity contribution >= 4 is 34.1 Å². The molecular formula is C19H16N2O3S2. The number of hydrogen-bond donors (Lipinski definition) is 1. The van der Waals surface area contributed by atoms with Gasteiger partial charge in [-0.15, -0.1) is 23.1 Å². The third kappa shape index (κ3) is 2.93. The number of anilines is 1. The Labute approximate surface area is 159 Å². The average Bonchev–Trinajstić information content (AvgIpc) is 3.10. The van der Waals surface area contributed by atoms with Crippen molar-refractivity contribution in [2.75, 3.05) is 19.5 Å². The van der Waals surface area contributed by atoms with Gasteiger partial charge in [0, 0.05) is 21.1 Å². The number of benzene rings is 2. The molecule has 26 heavy (non-hydrogen) atoms. The van der Waals surface area contributed by atoms with Crippen LogP contribution in [0.5, 0.6) is 11.5 Å². The molecule has 1 amide bonds. The molecule has 5 nitrogen and oxygen atoms in total. The summed E-state index contributed by atoms with van der Waals surface area (Å²) in [4.78, 5) is 19.9. The van der Waals surface area contributed by atoms with Gasteiger partial charge in [0.2, 0.25) is 0 Å². The number of nitrogens with one attached hydrogen (secondary N) is 1. The zero-order valence-electron chi connectivity index (χ0n) is 14.2. The molecule has 7 heteroatoms. The third-order valence-electron chi connectivity index (χ3n) is 4.07. The maximum Gasteiger partial charge on any atom is 0.265 e. The molecule has 0 radical (unpaired) electrons. The van der Waals surface area contributed by atoms with Crippen molar-refractivity contribution < 1.29 is 14.3 Å². The van der Waals surface area contributed by atoms with Crippen molar-refractivity contribution in [1.82, 2.24) is 4.98 Å². The van der Waals surface area contributed by atoms with Gasteiger partial charge >= 0.3 is 0 Å². The normalized spacial score (nSPS) is 12.1. The molecule has 1 aliphatic heterocycles. The van der Waals surface area contributed by atoms with Crippen molar-refractivity contribution in [2.45, 2.75) is 10.6 Å². The van der Waals surface area contributed by atoms with Gasteiger partial charge in [0.1, 0.15) is 17.1 Å². The zero-order chi connectivity index (χ0) is 18.1. The summed E-state index contributed by atoms with van der Waals surface area (Å²) in [6.45, 7) is 0. The lowest BCUT2D eigenvalue weighted by Gasteiger charge is -2.13. The summed E-state index contributed by atoms with van der Waals surface area (Å²) in [6.07, 6.45) is 0. The molecule has 1 N–H and O–H groups in total. The predicted molar refractivity (Wildman–Crippen MR) is 105 cm³/mol. The number of methoxy groups -OCH3 is 2. The van der Waals surface area contributed by atoms with Crippen LogP contribution in [0, 0.1) is 0 Å². The first-order valence-electron chi connectivity index (χ1n) is 7.95. The maximum absolute atomic E-state index is 12.8. The SMILES string of the molecule is COc1cccc(OC)c1C(=O)Nc1nc2c(s1)CSc1ccccc1-2. The van der Waals surface area contributed by atoms with E-state index in [1.54, 1.807) is 30.0 Å². The summed E-state index contributed by atoms with van der Waals surface area (Å²) >= 11 is 3.29. The zero-order valence-corrected chi connectivity index (χ0v) is 15.9. The van der Waals surface area contributed by atoms with Crippen LogP contribution < -0.4 is 14.8 Å². The monoisotopic (exact) mass is 384 g/mol. The van der Waals surface area contributed by atoms with Crippen molar-refractivity contribution in [1.29, 1.82) is 0 Å². The number of hydrogen-bond acceptors (Lipinski definition) is 6. The van der Waals surface area contributed by atoms with Crippen molar-refractivity contribution in [3.05, 3.63) is 52.9 Å². The standard InChI is InChI=1S/C19H16N2O3S2/c1-23-12-7-5-8-13(24-2)16(12)18(22)21-19-20-17-11-6-3-4-9-14(11)25-10-15(17)26-19/h3-9H,10H2,1-2H3,(H,20,21,22). The summed E-state index contributed by atoms with van der Waals surface area (Å²) in [6, 6.07) is 13.4. The van der Waals surface area contributed by atoms with Crippen LogP contribution >= 0.6 is 23.1 Å². The summed E-state index contributed by atoms with van der Waals surface area (Å²) in [5, 5.41) is 3.47. The molecule has 0 saturated heterocycles. The minimum atomic E-state index is -0.300. The topological polar surface area (TPSA) is 60.5 Å². The number of aromatic nitrogens is 1. The van der Waals surface area contributed by atoms with Gasteiger partial charge in [-0.05, 0) is 18.2 Å². The van der Waals surface area contributed by atoms with E-state index in [2.05, 4.69) is 22.4 Å². The molecule has 0 bridgehead atoms. The molecule has 132 valence electrons. The number of rotatable bonds is 4. The number of thiazole rings is 1. The molecule has 0 unspecified atom stereocenters. The van der Waals surface area contributed by atoms with E-state index in [-0.39, 0.29) is 5.91 Å². The molecule has 0 spiro atoms. The van der Waals surface area contributed by atoms with Crippen molar-refractivity contribution in [3.63, 3.8) is 0 Å². The van der Waals surface area contributed by atoms with Crippen LogP contribution in [0.3, 0.4) is 0 Å². The Bertz CT molecular complexity index is 962. The number of fused-ring (bicyclic) bond motifs is 3. The van der Waals surface area contributed by atoms with Crippen LogP contribution in [0.15, 0.2) is 47.4 Å². The van der Waals surface area contributed by atoms with Gasteiger partial charge in [-0.3, -0.25) is 10.1 Å². The Hall–Kier alpha value is -2.51. The van der Waals surface area contributed by atoms with Gasteiger partial charge in [0.05, 0.1) is 19.9 Å². The summed E-state index contributed by atoms with van der Waals surface area (Å²) in [5.74, 6) is 1.48. The minimum absolute atomic E-state index is 0.300. The third-order valence-corrected chi connectivity index (χ3v) is 6.33. The molecule has 1 aromatic heterocycles. The van der Waals surface area contributed by atoms with Crippen LogP contribution in [0.1, 0.15) is 15.2 Å². The van der Waals surface area contributed by atoms with Crippen LogP contribution in [0.2, 0.25) is 0 Å². The lowest BCUT2D eigenvalue weighted by Crippen LogP contribution is -2.14. The van der Waals surface area contributed by atoms with Crippen molar-refractivity contribution in [2.24, 2.45) is 0 Å². The highest BCUT2D eigenvalue weighted by molar-refractivity contribution is 7.98. The van der Waals surface area contributed by atoms with Crippen LogP contribution in [-0.2, 0) is 5.75 Å². The Balaban J connectivity index is 1.66. The first-order chi connectivity index (χ1) is 12.7. The molecule has 0 atom stereocenters.